The van der Waals surface area contributed by atoms with Crippen molar-refractivity contribution in [2.75, 3.05) is 18.8 Å². The van der Waals surface area contributed by atoms with Gasteiger partial charge in [0, 0.05) is 45.8 Å². The average Bonchev–Trinajstić information content (AvgIpc) is 3.15. The zero-order chi connectivity index (χ0) is 21.3. The van der Waals surface area contributed by atoms with Crippen molar-refractivity contribution >= 4 is 61.9 Å². The fourth-order valence-corrected chi connectivity index (χ4v) is 4.83. The van der Waals surface area contributed by atoms with Crippen molar-refractivity contribution in [2.24, 2.45) is 0 Å². The second-order valence-electron chi connectivity index (χ2n) is 7.08. The van der Waals surface area contributed by atoms with Crippen LogP contribution in [0.2, 0.25) is 0 Å². The molecule has 0 saturated carbocycles. The van der Waals surface area contributed by atoms with Gasteiger partial charge in [-0.2, -0.15) is 0 Å². The van der Waals surface area contributed by atoms with E-state index in [2.05, 4.69) is 25.9 Å². The van der Waals surface area contributed by atoms with Crippen LogP contribution < -0.4 is 5.73 Å². The van der Waals surface area contributed by atoms with Gasteiger partial charge in [0.1, 0.15) is 18.2 Å². The van der Waals surface area contributed by atoms with Crippen LogP contribution in [0.1, 0.15) is 17.4 Å². The van der Waals surface area contributed by atoms with Crippen LogP contribution in [0.3, 0.4) is 0 Å². The molecular weight excluding hydrogens is 466 g/mol. The van der Waals surface area contributed by atoms with Crippen molar-refractivity contribution in [1.82, 2.24) is 19.8 Å². The summed E-state index contributed by atoms with van der Waals surface area (Å²) in [5.74, 6) is 0.216. The first kappa shape index (κ1) is 20.5. The van der Waals surface area contributed by atoms with Gasteiger partial charge in [-0.05, 0) is 52.7 Å². The molecule has 4 rings (SSSR count). The number of rotatable bonds is 4. The zero-order valence-electron chi connectivity index (χ0n) is 16.3. The van der Waals surface area contributed by atoms with Crippen LogP contribution in [0, 0.1) is 0 Å². The predicted octanol–water partition coefficient (Wildman–Crippen LogP) is 3.31. The van der Waals surface area contributed by atoms with Crippen molar-refractivity contribution in [3.05, 3.63) is 57.0 Å². The summed E-state index contributed by atoms with van der Waals surface area (Å²) in [6.45, 7) is 3.21. The van der Waals surface area contributed by atoms with Gasteiger partial charge in [0.15, 0.2) is 0 Å². The Morgan fingerprint density at radius 2 is 2.17 bits per heavy atom. The molecule has 1 atom stereocenters. The molecule has 1 aliphatic rings. The number of halogens is 1. The number of hydrogen-bond acceptors (Lipinski definition) is 6. The van der Waals surface area contributed by atoms with Gasteiger partial charge in [-0.15, -0.1) is 11.3 Å². The first-order valence-electron chi connectivity index (χ1n) is 9.43. The van der Waals surface area contributed by atoms with Crippen molar-refractivity contribution in [3.63, 3.8) is 0 Å². The minimum absolute atomic E-state index is 0.0656. The van der Waals surface area contributed by atoms with Crippen LogP contribution in [0.15, 0.2) is 46.5 Å². The minimum atomic E-state index is -0.510. The topological polar surface area (TPSA) is 92.4 Å². The molecular formula is C21H20BrN5O2S. The molecule has 1 fully saturated rings. The van der Waals surface area contributed by atoms with Crippen molar-refractivity contribution < 1.29 is 9.59 Å². The van der Waals surface area contributed by atoms with Crippen molar-refractivity contribution in [1.29, 1.82) is 0 Å². The van der Waals surface area contributed by atoms with E-state index in [1.54, 1.807) is 34.1 Å². The van der Waals surface area contributed by atoms with E-state index < -0.39 is 6.04 Å². The monoisotopic (exact) mass is 485 g/mol. The van der Waals surface area contributed by atoms with E-state index in [1.165, 1.54) is 12.4 Å². The fourth-order valence-electron chi connectivity index (χ4n) is 3.49. The highest BCUT2D eigenvalue weighted by Gasteiger charge is 2.33. The second-order valence-corrected chi connectivity index (χ2v) is 8.94. The number of amides is 2. The Bertz CT molecular complexity index is 1150. The Balaban J connectivity index is 1.43. The zero-order valence-corrected chi connectivity index (χ0v) is 18.7. The summed E-state index contributed by atoms with van der Waals surface area (Å²) in [6, 6.07) is 7.17. The highest BCUT2D eigenvalue weighted by molar-refractivity contribution is 9.10. The van der Waals surface area contributed by atoms with Gasteiger partial charge in [0.2, 0.25) is 11.8 Å². The van der Waals surface area contributed by atoms with E-state index in [0.29, 0.717) is 25.5 Å². The number of aromatic nitrogens is 2. The molecule has 1 aliphatic heterocycles. The van der Waals surface area contributed by atoms with E-state index in [0.717, 1.165) is 25.8 Å². The molecule has 1 aromatic carbocycles. The maximum atomic E-state index is 12.9. The highest BCUT2D eigenvalue weighted by atomic mass is 79.9. The Labute approximate surface area is 186 Å². The first-order chi connectivity index (χ1) is 14.4. The van der Waals surface area contributed by atoms with Gasteiger partial charge in [-0.1, -0.05) is 6.07 Å². The van der Waals surface area contributed by atoms with E-state index in [1.807, 2.05) is 29.6 Å². The SMILES string of the molecule is C[C@H]1C(=O)N(Cc2ccc3c(N)ncnc3c2)CCN1C(=O)C=Cc1cc(Br)cs1. The number of nitrogens with zero attached hydrogens (tertiary/aromatic N) is 4. The Hall–Kier alpha value is -2.78. The number of fused-ring (bicyclic) bond motifs is 1. The third-order valence-corrected chi connectivity index (χ3v) is 6.77. The normalized spacial score (nSPS) is 17.3. The number of thiophene rings is 1. The molecule has 154 valence electrons. The highest BCUT2D eigenvalue weighted by Crippen LogP contribution is 2.22. The van der Waals surface area contributed by atoms with Gasteiger partial charge in [0.05, 0.1) is 5.52 Å². The van der Waals surface area contributed by atoms with E-state index >= 15 is 0 Å². The summed E-state index contributed by atoms with van der Waals surface area (Å²) in [6.07, 6.45) is 4.75. The molecule has 7 nitrogen and oxygen atoms in total. The van der Waals surface area contributed by atoms with Crippen LogP contribution >= 0.6 is 27.3 Å². The molecule has 0 aliphatic carbocycles. The number of carbonyl (C=O) groups is 2. The lowest BCUT2D eigenvalue weighted by Crippen LogP contribution is -2.56. The smallest absolute Gasteiger partial charge is 0.247 e. The molecule has 2 aromatic heterocycles. The van der Waals surface area contributed by atoms with Crippen LogP contribution in [0.5, 0.6) is 0 Å². The van der Waals surface area contributed by atoms with Gasteiger partial charge < -0.3 is 15.5 Å². The quantitative estimate of drug-likeness (QED) is 0.572. The lowest BCUT2D eigenvalue weighted by molar-refractivity contribution is -0.148. The number of hydrogen-bond donors (Lipinski definition) is 1. The van der Waals surface area contributed by atoms with E-state index in [4.69, 9.17) is 5.73 Å². The van der Waals surface area contributed by atoms with Crippen LogP contribution in [0.25, 0.3) is 17.0 Å². The summed E-state index contributed by atoms with van der Waals surface area (Å²) in [5.41, 5.74) is 7.59. The largest absolute Gasteiger partial charge is 0.383 e. The molecule has 3 aromatic rings. The molecule has 0 radical (unpaired) electrons. The number of carbonyl (C=O) groups excluding carboxylic acids is 2. The van der Waals surface area contributed by atoms with Crippen LogP contribution in [0.4, 0.5) is 5.82 Å². The fraction of sp³-hybridized carbons (Fsp3) is 0.238. The number of nitrogen functional groups attached to an aromatic ring is 1. The molecule has 2 N–H and O–H groups in total. The number of anilines is 1. The van der Waals surface area contributed by atoms with Gasteiger partial charge in [-0.3, -0.25) is 9.59 Å². The van der Waals surface area contributed by atoms with Crippen molar-refractivity contribution in [3.8, 4) is 0 Å². The van der Waals surface area contributed by atoms with E-state index in [9.17, 15) is 9.59 Å². The van der Waals surface area contributed by atoms with E-state index in [-0.39, 0.29) is 11.8 Å². The lowest BCUT2D eigenvalue weighted by Gasteiger charge is -2.38. The molecule has 0 unspecified atom stereocenters. The molecule has 0 spiro atoms. The number of benzene rings is 1. The van der Waals surface area contributed by atoms with Gasteiger partial charge in [0.25, 0.3) is 0 Å². The molecule has 30 heavy (non-hydrogen) atoms. The minimum Gasteiger partial charge on any atom is -0.383 e. The summed E-state index contributed by atoms with van der Waals surface area (Å²) in [4.78, 5) is 38.1. The average molecular weight is 486 g/mol. The third-order valence-electron chi connectivity index (χ3n) is 5.11. The third kappa shape index (κ3) is 4.22. The standard InChI is InChI=1S/C21H20BrN5O2S/c1-13-21(29)26(10-14-2-4-17-18(8-14)24-12-25-20(17)23)6-7-27(13)19(28)5-3-16-9-15(22)11-30-16/h2-5,8-9,11-13H,6-7,10H2,1H3,(H2,23,24,25)/t13-/m0/s1. The number of nitrogens with two attached hydrogens (primary N) is 1. The number of piperazine rings is 1. The second kappa shape index (κ2) is 8.53. The molecule has 0 bridgehead atoms. The Morgan fingerprint density at radius 1 is 1.33 bits per heavy atom. The maximum absolute atomic E-state index is 12.9. The Morgan fingerprint density at radius 3 is 2.93 bits per heavy atom. The summed E-state index contributed by atoms with van der Waals surface area (Å²) >= 11 is 4.95. The predicted molar refractivity (Wildman–Crippen MR) is 122 cm³/mol. The summed E-state index contributed by atoms with van der Waals surface area (Å²) in [5, 5.41) is 2.75. The molecule has 2 amide bonds. The molecule has 9 heteroatoms. The van der Waals surface area contributed by atoms with Gasteiger partial charge >= 0.3 is 0 Å². The van der Waals surface area contributed by atoms with Crippen LogP contribution in [-0.2, 0) is 16.1 Å². The summed E-state index contributed by atoms with van der Waals surface area (Å²) < 4.78 is 0.986. The van der Waals surface area contributed by atoms with Crippen molar-refractivity contribution in [2.45, 2.75) is 19.5 Å². The molecule has 1 saturated heterocycles. The lowest BCUT2D eigenvalue weighted by atomic mass is 10.1. The van der Waals surface area contributed by atoms with Gasteiger partial charge in [-0.25, -0.2) is 9.97 Å². The molecule has 3 heterocycles. The maximum Gasteiger partial charge on any atom is 0.247 e. The summed E-state index contributed by atoms with van der Waals surface area (Å²) in [7, 11) is 0. The van der Waals surface area contributed by atoms with Crippen LogP contribution in [-0.4, -0.2) is 50.7 Å². The Kier molecular flexibility index (Phi) is 5.83. The first-order valence-corrected chi connectivity index (χ1v) is 11.1.